The number of benzene rings is 1. The van der Waals surface area contributed by atoms with Crippen molar-refractivity contribution in [2.24, 2.45) is 5.92 Å². The molecule has 4 heteroatoms. The molecule has 2 heterocycles. The van der Waals surface area contributed by atoms with Gasteiger partial charge in [-0.3, -0.25) is 9.78 Å². The summed E-state index contributed by atoms with van der Waals surface area (Å²) < 4.78 is 0. The number of hydrogen-bond donors (Lipinski definition) is 2. The van der Waals surface area contributed by atoms with E-state index < -0.39 is 0 Å². The molecule has 1 amide bonds. The fraction of sp³-hybridized carbons (Fsp3) is 0.368. The van der Waals surface area contributed by atoms with Gasteiger partial charge >= 0.3 is 0 Å². The second-order valence-electron chi connectivity index (χ2n) is 6.25. The maximum Gasteiger partial charge on any atom is 0.253 e. The average Bonchev–Trinajstić information content (AvgIpc) is 2.57. The van der Waals surface area contributed by atoms with E-state index in [9.17, 15) is 4.79 Å². The van der Waals surface area contributed by atoms with Crippen LogP contribution in [0.4, 0.5) is 0 Å². The van der Waals surface area contributed by atoms with Gasteiger partial charge in [0.2, 0.25) is 0 Å². The quantitative estimate of drug-likeness (QED) is 0.916. The first-order valence-electron chi connectivity index (χ1n) is 8.20. The number of hydrogen-bond acceptors (Lipinski definition) is 3. The lowest BCUT2D eigenvalue weighted by Gasteiger charge is -2.30. The summed E-state index contributed by atoms with van der Waals surface area (Å²) in [6.45, 7) is 5.95. The molecule has 1 aromatic carbocycles. The molecule has 0 aliphatic carbocycles. The van der Waals surface area contributed by atoms with E-state index in [1.807, 2.05) is 49.4 Å². The maximum absolute atomic E-state index is 12.5. The first kappa shape index (κ1) is 15.7. The third-order valence-electron chi connectivity index (χ3n) is 4.54. The van der Waals surface area contributed by atoms with Gasteiger partial charge in [-0.05, 0) is 37.9 Å². The summed E-state index contributed by atoms with van der Waals surface area (Å²) in [5, 5.41) is 6.48. The van der Waals surface area contributed by atoms with Crippen LogP contribution >= 0.6 is 0 Å². The van der Waals surface area contributed by atoms with Crippen LogP contribution in [-0.2, 0) is 0 Å². The van der Waals surface area contributed by atoms with E-state index in [0.717, 1.165) is 36.5 Å². The molecule has 1 aliphatic rings. The Morgan fingerprint density at radius 3 is 2.70 bits per heavy atom. The topological polar surface area (TPSA) is 54.0 Å². The fourth-order valence-electron chi connectivity index (χ4n) is 3.00. The van der Waals surface area contributed by atoms with Gasteiger partial charge in [-0.1, -0.05) is 37.3 Å². The van der Waals surface area contributed by atoms with Gasteiger partial charge in [-0.15, -0.1) is 0 Å². The predicted molar refractivity (Wildman–Crippen MR) is 92.3 cm³/mol. The Hall–Kier alpha value is -2.20. The normalized spacial score (nSPS) is 21.0. The third kappa shape index (κ3) is 3.59. The van der Waals surface area contributed by atoms with Crippen molar-refractivity contribution in [3.8, 4) is 11.3 Å². The van der Waals surface area contributed by atoms with Crippen molar-refractivity contribution in [1.82, 2.24) is 15.6 Å². The van der Waals surface area contributed by atoms with Gasteiger partial charge in [0.15, 0.2) is 0 Å². The lowest BCUT2D eigenvalue weighted by Crippen LogP contribution is -2.50. The SMILES string of the molecule is Cc1nc(-c2ccccc2)ccc1C(=O)NC1CNCCC1C. The molecule has 2 aromatic rings. The molecule has 1 fully saturated rings. The molecule has 0 saturated carbocycles. The Labute approximate surface area is 137 Å². The van der Waals surface area contributed by atoms with Crippen LogP contribution in [0.3, 0.4) is 0 Å². The summed E-state index contributed by atoms with van der Waals surface area (Å²) in [7, 11) is 0. The van der Waals surface area contributed by atoms with Gasteiger partial charge in [0.1, 0.15) is 0 Å². The second-order valence-corrected chi connectivity index (χ2v) is 6.25. The summed E-state index contributed by atoms with van der Waals surface area (Å²) in [4.78, 5) is 17.1. The molecular formula is C19H23N3O. The van der Waals surface area contributed by atoms with Crippen LogP contribution in [0, 0.1) is 12.8 Å². The predicted octanol–water partition coefficient (Wildman–Crippen LogP) is 2.78. The molecular weight excluding hydrogens is 286 g/mol. The lowest BCUT2D eigenvalue weighted by atomic mass is 9.94. The molecule has 3 rings (SSSR count). The minimum absolute atomic E-state index is 0.0323. The average molecular weight is 309 g/mol. The molecule has 0 bridgehead atoms. The van der Waals surface area contributed by atoms with Gasteiger partial charge in [-0.2, -0.15) is 0 Å². The van der Waals surface area contributed by atoms with Crippen molar-refractivity contribution in [3.63, 3.8) is 0 Å². The molecule has 1 aromatic heterocycles. The first-order chi connectivity index (χ1) is 11.1. The number of carbonyl (C=O) groups excluding carboxylic acids is 1. The van der Waals surface area contributed by atoms with Crippen LogP contribution < -0.4 is 10.6 Å². The van der Waals surface area contributed by atoms with E-state index in [4.69, 9.17) is 0 Å². The van der Waals surface area contributed by atoms with Gasteiger partial charge in [0.05, 0.1) is 17.0 Å². The van der Waals surface area contributed by atoms with E-state index in [2.05, 4.69) is 22.5 Å². The van der Waals surface area contributed by atoms with Crippen molar-refractivity contribution in [2.45, 2.75) is 26.3 Å². The molecule has 2 atom stereocenters. The highest BCUT2D eigenvalue weighted by Gasteiger charge is 2.23. The van der Waals surface area contributed by atoms with Gasteiger partial charge in [0.25, 0.3) is 5.91 Å². The molecule has 2 unspecified atom stereocenters. The van der Waals surface area contributed by atoms with Crippen molar-refractivity contribution >= 4 is 5.91 Å². The fourth-order valence-corrected chi connectivity index (χ4v) is 3.00. The number of carbonyl (C=O) groups is 1. The summed E-state index contributed by atoms with van der Waals surface area (Å²) in [6.07, 6.45) is 1.09. The van der Waals surface area contributed by atoms with Crippen LogP contribution in [0.1, 0.15) is 29.4 Å². The molecule has 1 aliphatic heterocycles. The number of nitrogens with zero attached hydrogens (tertiary/aromatic N) is 1. The van der Waals surface area contributed by atoms with E-state index in [1.165, 1.54) is 0 Å². The monoisotopic (exact) mass is 309 g/mol. The summed E-state index contributed by atoms with van der Waals surface area (Å²) in [5.74, 6) is 0.465. The highest BCUT2D eigenvalue weighted by Crippen LogP contribution is 2.19. The van der Waals surface area contributed by atoms with Gasteiger partial charge < -0.3 is 10.6 Å². The Kier molecular flexibility index (Phi) is 4.72. The summed E-state index contributed by atoms with van der Waals surface area (Å²) in [6, 6.07) is 14.0. The van der Waals surface area contributed by atoms with Crippen molar-refractivity contribution in [2.75, 3.05) is 13.1 Å². The minimum Gasteiger partial charge on any atom is -0.348 e. The van der Waals surface area contributed by atoms with Crippen molar-refractivity contribution in [3.05, 3.63) is 53.7 Å². The molecule has 23 heavy (non-hydrogen) atoms. The van der Waals surface area contributed by atoms with Crippen molar-refractivity contribution < 1.29 is 4.79 Å². The Morgan fingerprint density at radius 1 is 1.22 bits per heavy atom. The standard InChI is InChI=1S/C19H23N3O/c1-13-10-11-20-12-18(13)22-19(23)16-8-9-17(21-14(16)2)15-6-4-3-5-7-15/h3-9,13,18,20H,10-12H2,1-2H3,(H,22,23). The Bertz CT molecular complexity index is 684. The largest absolute Gasteiger partial charge is 0.348 e. The molecule has 120 valence electrons. The van der Waals surface area contributed by atoms with E-state index in [0.29, 0.717) is 11.5 Å². The zero-order chi connectivity index (χ0) is 16.2. The highest BCUT2D eigenvalue weighted by atomic mass is 16.1. The van der Waals surface area contributed by atoms with Crippen LogP contribution in [0.2, 0.25) is 0 Å². The second kappa shape index (κ2) is 6.92. The van der Waals surface area contributed by atoms with Crippen LogP contribution in [0.25, 0.3) is 11.3 Å². The zero-order valence-electron chi connectivity index (χ0n) is 13.7. The number of piperidine rings is 1. The van der Waals surface area contributed by atoms with E-state index in [1.54, 1.807) is 0 Å². The first-order valence-corrected chi connectivity index (χ1v) is 8.20. The molecule has 1 saturated heterocycles. The molecule has 4 nitrogen and oxygen atoms in total. The van der Waals surface area contributed by atoms with Crippen LogP contribution in [0.15, 0.2) is 42.5 Å². The summed E-state index contributed by atoms with van der Waals surface area (Å²) >= 11 is 0. The third-order valence-corrected chi connectivity index (χ3v) is 4.54. The smallest absolute Gasteiger partial charge is 0.253 e. The van der Waals surface area contributed by atoms with E-state index in [-0.39, 0.29) is 11.9 Å². The number of aryl methyl sites for hydroxylation is 1. The van der Waals surface area contributed by atoms with Crippen LogP contribution in [-0.4, -0.2) is 30.0 Å². The minimum atomic E-state index is -0.0323. The number of nitrogens with one attached hydrogen (secondary N) is 2. The number of pyridine rings is 1. The maximum atomic E-state index is 12.5. The number of aromatic nitrogens is 1. The number of amides is 1. The van der Waals surface area contributed by atoms with E-state index >= 15 is 0 Å². The highest BCUT2D eigenvalue weighted by molar-refractivity contribution is 5.95. The lowest BCUT2D eigenvalue weighted by molar-refractivity contribution is 0.0914. The van der Waals surface area contributed by atoms with Gasteiger partial charge in [-0.25, -0.2) is 0 Å². The van der Waals surface area contributed by atoms with Crippen molar-refractivity contribution in [1.29, 1.82) is 0 Å². The zero-order valence-corrected chi connectivity index (χ0v) is 13.7. The molecule has 0 spiro atoms. The summed E-state index contributed by atoms with van der Waals surface area (Å²) in [5.41, 5.74) is 3.38. The van der Waals surface area contributed by atoms with Crippen LogP contribution in [0.5, 0.6) is 0 Å². The Morgan fingerprint density at radius 2 is 2.00 bits per heavy atom. The Balaban J connectivity index is 1.76. The molecule has 0 radical (unpaired) electrons. The molecule has 2 N–H and O–H groups in total. The van der Waals surface area contributed by atoms with Gasteiger partial charge in [0, 0.05) is 18.2 Å². The number of rotatable bonds is 3.